The fraction of sp³-hybridized carbons (Fsp3) is 0.412. The minimum absolute atomic E-state index is 0.0534. The van der Waals surface area contributed by atoms with E-state index in [4.69, 9.17) is 4.74 Å². The summed E-state index contributed by atoms with van der Waals surface area (Å²) in [6.07, 6.45) is 2.44. The van der Waals surface area contributed by atoms with Gasteiger partial charge >= 0.3 is 5.97 Å². The van der Waals surface area contributed by atoms with E-state index in [-0.39, 0.29) is 19.1 Å². The van der Waals surface area contributed by atoms with E-state index in [9.17, 15) is 27.2 Å². The van der Waals surface area contributed by atoms with Crippen LogP contribution in [0, 0.1) is 23.3 Å². The number of esters is 1. The molecule has 0 bridgehead atoms. The molecule has 0 amide bonds. The van der Waals surface area contributed by atoms with Crippen molar-refractivity contribution in [1.82, 2.24) is 5.32 Å². The Morgan fingerprint density at radius 1 is 1.08 bits per heavy atom. The Labute approximate surface area is 141 Å². The Balaban J connectivity index is 2.55. The van der Waals surface area contributed by atoms with Crippen LogP contribution in [-0.2, 0) is 16.0 Å². The first-order valence-electron chi connectivity index (χ1n) is 7.86. The maximum Gasteiger partial charge on any atom is 0.343 e. The molecule has 0 spiro atoms. The predicted octanol–water partition coefficient (Wildman–Crippen LogP) is 3.19. The summed E-state index contributed by atoms with van der Waals surface area (Å²) in [5.41, 5.74) is -2.24. The minimum atomic E-state index is -2.10. The number of ether oxygens (including phenoxy) is 1. The Bertz CT molecular complexity index is 742. The van der Waals surface area contributed by atoms with Crippen molar-refractivity contribution >= 4 is 11.8 Å². The molecular weight excluding hydrogens is 342 g/mol. The predicted molar refractivity (Wildman–Crippen MR) is 80.9 cm³/mol. The molecule has 4 nitrogen and oxygen atoms in total. The largest absolute Gasteiger partial charge is 0.462 e. The monoisotopic (exact) mass is 359 g/mol. The van der Waals surface area contributed by atoms with Crippen molar-refractivity contribution in [3.8, 4) is 0 Å². The zero-order chi connectivity index (χ0) is 18.7. The lowest BCUT2D eigenvalue weighted by atomic mass is 9.95. The first kappa shape index (κ1) is 19.0. The molecule has 25 heavy (non-hydrogen) atoms. The summed E-state index contributed by atoms with van der Waals surface area (Å²) in [5, 5.41) is 2.78. The topological polar surface area (TPSA) is 55.4 Å². The molecule has 1 aliphatic carbocycles. The lowest BCUT2D eigenvalue weighted by molar-refractivity contribution is -0.138. The third kappa shape index (κ3) is 3.83. The van der Waals surface area contributed by atoms with Crippen LogP contribution in [0.4, 0.5) is 17.6 Å². The molecule has 0 atom stereocenters. The Hall–Kier alpha value is -2.38. The van der Waals surface area contributed by atoms with Gasteiger partial charge < -0.3 is 10.1 Å². The highest BCUT2D eigenvalue weighted by Crippen LogP contribution is 2.27. The fourth-order valence-electron chi connectivity index (χ4n) is 2.26. The molecule has 1 fully saturated rings. The molecule has 136 valence electrons. The molecule has 0 saturated heterocycles. The van der Waals surface area contributed by atoms with E-state index in [0.29, 0.717) is 0 Å². The van der Waals surface area contributed by atoms with Crippen molar-refractivity contribution in [3.05, 3.63) is 46.2 Å². The van der Waals surface area contributed by atoms with E-state index < -0.39 is 51.7 Å². The molecule has 2 rings (SSSR count). The lowest BCUT2D eigenvalue weighted by Crippen LogP contribution is -2.23. The quantitative estimate of drug-likeness (QED) is 0.119. The number of rotatable bonds is 7. The number of hydrogen-bond donors (Lipinski definition) is 1. The fourth-order valence-corrected chi connectivity index (χ4v) is 2.26. The van der Waals surface area contributed by atoms with Crippen molar-refractivity contribution in [2.45, 2.75) is 39.2 Å². The number of benzene rings is 1. The van der Waals surface area contributed by atoms with Crippen molar-refractivity contribution in [3.63, 3.8) is 0 Å². The second-order valence-corrected chi connectivity index (χ2v) is 5.51. The van der Waals surface area contributed by atoms with Gasteiger partial charge in [-0.1, -0.05) is 6.92 Å². The molecule has 0 radical (unpaired) electrons. The molecule has 1 aromatic rings. The zero-order valence-corrected chi connectivity index (χ0v) is 13.7. The summed E-state index contributed by atoms with van der Waals surface area (Å²) in [7, 11) is 0. The van der Waals surface area contributed by atoms with Gasteiger partial charge in [0.25, 0.3) is 0 Å². The maximum atomic E-state index is 14.2. The van der Waals surface area contributed by atoms with Crippen molar-refractivity contribution in [2.75, 3.05) is 6.61 Å². The first-order chi connectivity index (χ1) is 11.8. The van der Waals surface area contributed by atoms with Crippen LogP contribution < -0.4 is 5.32 Å². The van der Waals surface area contributed by atoms with Gasteiger partial charge in [-0.2, -0.15) is 0 Å². The third-order valence-corrected chi connectivity index (χ3v) is 3.73. The van der Waals surface area contributed by atoms with Gasteiger partial charge in [0.05, 0.1) is 12.2 Å². The summed E-state index contributed by atoms with van der Waals surface area (Å²) in [6.45, 7) is 2.80. The number of carbonyl (C=O) groups excluding carboxylic acids is 2. The average molecular weight is 359 g/mol. The van der Waals surface area contributed by atoms with Crippen LogP contribution >= 0.6 is 0 Å². The highest BCUT2D eigenvalue weighted by Gasteiger charge is 2.32. The summed E-state index contributed by atoms with van der Waals surface area (Å²) in [5.74, 6) is -9.91. The minimum Gasteiger partial charge on any atom is -0.462 e. The molecule has 0 aliphatic heterocycles. The van der Waals surface area contributed by atoms with Gasteiger partial charge in [0, 0.05) is 17.8 Å². The number of hydrogen-bond acceptors (Lipinski definition) is 4. The van der Waals surface area contributed by atoms with Crippen LogP contribution in [0.25, 0.3) is 0 Å². The van der Waals surface area contributed by atoms with Gasteiger partial charge in [-0.3, -0.25) is 4.79 Å². The van der Waals surface area contributed by atoms with Crippen LogP contribution in [0.2, 0.25) is 0 Å². The summed E-state index contributed by atoms with van der Waals surface area (Å²) < 4.78 is 59.8. The number of ketones is 1. The second-order valence-electron chi connectivity index (χ2n) is 5.51. The van der Waals surface area contributed by atoms with Gasteiger partial charge in [0.15, 0.2) is 23.3 Å². The van der Waals surface area contributed by atoms with Crippen LogP contribution in [0.15, 0.2) is 11.8 Å². The molecule has 0 unspecified atom stereocenters. The first-order valence-corrected chi connectivity index (χ1v) is 7.86. The Morgan fingerprint density at radius 2 is 1.68 bits per heavy atom. The smallest absolute Gasteiger partial charge is 0.343 e. The molecular formula is C17H17F4NO3. The molecule has 1 N–H and O–H groups in total. The second kappa shape index (κ2) is 7.67. The highest BCUT2D eigenvalue weighted by atomic mass is 19.2. The SMILES string of the molecule is CCOC(=O)/C(=C\NC1CC1)C(=O)c1c(F)c(F)c(F)c(F)c1CC. The maximum absolute atomic E-state index is 14.2. The number of nitrogens with one attached hydrogen (secondary N) is 1. The summed E-state index contributed by atoms with van der Waals surface area (Å²) in [6, 6.07) is 0.0643. The summed E-state index contributed by atoms with van der Waals surface area (Å²) in [4.78, 5) is 24.6. The standard InChI is InChI=1S/C17H17F4NO3/c1-3-9-11(13(19)15(21)14(20)12(9)18)16(23)10(17(24)25-4-2)7-22-8-5-6-8/h7-8,22H,3-6H2,1-2H3/b10-7-. The van der Waals surface area contributed by atoms with Gasteiger partial charge in [-0.15, -0.1) is 0 Å². The average Bonchev–Trinajstić information content (AvgIpc) is 3.40. The zero-order valence-electron chi connectivity index (χ0n) is 13.7. The van der Waals surface area contributed by atoms with Gasteiger partial charge in [-0.25, -0.2) is 22.4 Å². The van der Waals surface area contributed by atoms with Crippen LogP contribution in [0.1, 0.15) is 42.6 Å². The van der Waals surface area contributed by atoms with Crippen LogP contribution in [-0.4, -0.2) is 24.4 Å². The van der Waals surface area contributed by atoms with Gasteiger partial charge in [-0.05, 0) is 26.2 Å². The van der Waals surface area contributed by atoms with Crippen molar-refractivity contribution in [2.24, 2.45) is 0 Å². The molecule has 1 aliphatic rings. The third-order valence-electron chi connectivity index (χ3n) is 3.73. The van der Waals surface area contributed by atoms with Crippen LogP contribution in [0.3, 0.4) is 0 Å². The van der Waals surface area contributed by atoms with E-state index in [1.807, 2.05) is 0 Å². The Morgan fingerprint density at radius 3 is 2.20 bits per heavy atom. The van der Waals surface area contributed by atoms with E-state index in [2.05, 4.69) is 5.32 Å². The van der Waals surface area contributed by atoms with E-state index in [0.717, 1.165) is 19.0 Å². The highest BCUT2D eigenvalue weighted by molar-refractivity contribution is 6.24. The molecule has 1 saturated carbocycles. The molecule has 0 heterocycles. The van der Waals surface area contributed by atoms with Crippen molar-refractivity contribution < 1.29 is 31.9 Å². The van der Waals surface area contributed by atoms with Gasteiger partial charge in [0.1, 0.15) is 5.57 Å². The van der Waals surface area contributed by atoms with Crippen molar-refractivity contribution in [1.29, 1.82) is 0 Å². The Kier molecular flexibility index (Phi) is 5.81. The van der Waals surface area contributed by atoms with E-state index in [1.54, 1.807) is 0 Å². The van der Waals surface area contributed by atoms with E-state index in [1.165, 1.54) is 13.8 Å². The van der Waals surface area contributed by atoms with Gasteiger partial charge in [0.2, 0.25) is 5.78 Å². The summed E-state index contributed by atoms with van der Waals surface area (Å²) >= 11 is 0. The lowest BCUT2D eigenvalue weighted by Gasteiger charge is -2.13. The van der Waals surface area contributed by atoms with Crippen LogP contribution in [0.5, 0.6) is 0 Å². The molecule has 8 heteroatoms. The molecule has 0 aromatic heterocycles. The number of halogens is 4. The number of carbonyl (C=O) groups is 2. The molecule has 1 aromatic carbocycles. The normalized spacial score (nSPS) is 14.4. The van der Waals surface area contributed by atoms with E-state index >= 15 is 0 Å². The number of Topliss-reactive ketones (excluding diaryl/α,β-unsaturated/α-hetero) is 1.